The lowest BCUT2D eigenvalue weighted by Crippen LogP contribution is -2.67. The first-order valence-electron chi connectivity index (χ1n) is 12.5. The smallest absolute Gasteiger partial charge is 0.464 e. The predicted octanol–water partition coefficient (Wildman–Crippen LogP) is 2.51. The summed E-state index contributed by atoms with van der Waals surface area (Å²) in [7, 11) is 0. The lowest BCUT2D eigenvalue weighted by Gasteiger charge is -2.44. The Bertz CT molecular complexity index is 1300. The average molecular weight is 546 g/mol. The van der Waals surface area contributed by atoms with Crippen molar-refractivity contribution in [2.75, 3.05) is 6.61 Å². The number of ketones is 1. The van der Waals surface area contributed by atoms with Crippen molar-refractivity contribution in [1.82, 2.24) is 9.88 Å². The zero-order valence-corrected chi connectivity index (χ0v) is 21.7. The number of aromatic nitrogens is 1. The quantitative estimate of drug-likeness (QED) is 0.353. The predicted molar refractivity (Wildman–Crippen MR) is 132 cm³/mol. The largest absolute Gasteiger partial charge is 0.586 e. The number of pyridine rings is 1. The molecule has 0 unspecified atom stereocenters. The second-order valence-electron chi connectivity index (χ2n) is 9.68. The molecule has 1 aromatic heterocycles. The Morgan fingerprint density at radius 3 is 2.56 bits per heavy atom. The van der Waals surface area contributed by atoms with Crippen molar-refractivity contribution in [3.05, 3.63) is 53.3 Å². The number of esters is 1. The SMILES string of the molecule is CCOC(=O)[C@@H]1[C@@H](Cc2ccnc(CC(=O)[C@H](C)N)c2)C(=O)N1C(=O)C[C@H](C)c1ccc2c(c1)OC(F)(F)O2. The number of ether oxygens (including phenoxy) is 3. The second kappa shape index (κ2) is 11.0. The lowest BCUT2D eigenvalue weighted by molar-refractivity contribution is -0.286. The first-order chi connectivity index (χ1) is 18.4. The Balaban J connectivity index is 1.47. The molecular weight excluding hydrogens is 516 g/mol. The zero-order chi connectivity index (χ0) is 28.5. The molecule has 0 saturated carbocycles. The molecule has 0 aliphatic carbocycles. The Labute approximate surface area is 223 Å². The molecule has 2 N–H and O–H groups in total. The summed E-state index contributed by atoms with van der Waals surface area (Å²) in [4.78, 5) is 56.1. The molecule has 4 rings (SSSR count). The number of Topliss-reactive ketones (excluding diaryl/α,β-unsaturated/α-hetero) is 1. The molecule has 1 aromatic carbocycles. The van der Waals surface area contributed by atoms with Crippen LogP contribution in [0.3, 0.4) is 0 Å². The van der Waals surface area contributed by atoms with Crippen molar-refractivity contribution in [3.8, 4) is 11.5 Å². The number of imide groups is 1. The summed E-state index contributed by atoms with van der Waals surface area (Å²) in [6.45, 7) is 4.96. The first-order valence-corrected chi connectivity index (χ1v) is 12.5. The monoisotopic (exact) mass is 545 g/mol. The third-order valence-electron chi connectivity index (χ3n) is 6.69. The van der Waals surface area contributed by atoms with Crippen molar-refractivity contribution >= 4 is 23.6 Å². The van der Waals surface area contributed by atoms with Crippen molar-refractivity contribution in [2.45, 2.75) is 64.3 Å². The number of likely N-dealkylation sites (tertiary alicyclic amines) is 1. The highest BCUT2D eigenvalue weighted by Gasteiger charge is 2.55. The maximum Gasteiger partial charge on any atom is 0.586 e. The highest BCUT2D eigenvalue weighted by Crippen LogP contribution is 2.43. The average Bonchev–Trinajstić information content (AvgIpc) is 3.18. The number of hydrogen-bond acceptors (Lipinski definition) is 9. The van der Waals surface area contributed by atoms with Crippen LogP contribution in [0.1, 0.15) is 49.9 Å². The number of benzene rings is 1. The van der Waals surface area contributed by atoms with E-state index < -0.39 is 48.0 Å². The third kappa shape index (κ3) is 6.06. The minimum atomic E-state index is -3.76. The Morgan fingerprint density at radius 1 is 1.15 bits per heavy atom. The number of nitrogens with two attached hydrogens (primary N) is 1. The van der Waals surface area contributed by atoms with Gasteiger partial charge >= 0.3 is 12.3 Å². The molecular formula is C27H29F2N3O7. The molecule has 3 heterocycles. The molecule has 0 radical (unpaired) electrons. The van der Waals surface area contributed by atoms with Gasteiger partial charge < -0.3 is 19.9 Å². The maximum atomic E-state index is 13.4. The van der Waals surface area contributed by atoms with Gasteiger partial charge in [-0.25, -0.2) is 4.79 Å². The number of halogens is 2. The number of carbonyl (C=O) groups is 4. The summed E-state index contributed by atoms with van der Waals surface area (Å²) in [6, 6.07) is 5.80. The van der Waals surface area contributed by atoms with E-state index in [1.807, 2.05) is 0 Å². The highest BCUT2D eigenvalue weighted by atomic mass is 19.3. The molecule has 2 amide bonds. The van der Waals surface area contributed by atoms with Gasteiger partial charge in [-0.15, -0.1) is 8.78 Å². The van der Waals surface area contributed by atoms with Crippen LogP contribution in [-0.2, 0) is 36.8 Å². The number of hydrogen-bond donors (Lipinski definition) is 1. The van der Waals surface area contributed by atoms with Crippen LogP contribution in [0.4, 0.5) is 8.78 Å². The molecule has 2 aliphatic heterocycles. The Hall–Kier alpha value is -3.93. The van der Waals surface area contributed by atoms with E-state index in [1.165, 1.54) is 24.4 Å². The molecule has 1 saturated heterocycles. The second-order valence-corrected chi connectivity index (χ2v) is 9.68. The van der Waals surface area contributed by atoms with Gasteiger partial charge in [0.15, 0.2) is 17.3 Å². The molecule has 2 aromatic rings. The zero-order valence-electron chi connectivity index (χ0n) is 21.7. The standard InChI is InChI=1S/C27H29F2N3O7/c1-4-37-26(36)24-19(11-16-7-8-31-18(10-16)13-20(33)15(3)30)25(35)32(24)23(34)9-14(2)17-5-6-21-22(12-17)39-27(28,29)38-21/h5-8,10,12,14-15,19,24H,4,9,11,13,30H2,1-3H3/t14-,15-,19+,24-/m0/s1. The molecule has 208 valence electrons. The van der Waals surface area contributed by atoms with Crippen LogP contribution >= 0.6 is 0 Å². The van der Waals surface area contributed by atoms with Crippen LogP contribution in [-0.4, -0.2) is 58.4 Å². The van der Waals surface area contributed by atoms with Crippen LogP contribution in [0.25, 0.3) is 0 Å². The van der Waals surface area contributed by atoms with Gasteiger partial charge in [0.1, 0.15) is 6.04 Å². The third-order valence-corrected chi connectivity index (χ3v) is 6.69. The van der Waals surface area contributed by atoms with Crippen LogP contribution in [0, 0.1) is 5.92 Å². The van der Waals surface area contributed by atoms with Gasteiger partial charge in [-0.2, -0.15) is 0 Å². The number of nitrogens with zero attached hydrogens (tertiary/aromatic N) is 2. The molecule has 10 nitrogen and oxygen atoms in total. The van der Waals surface area contributed by atoms with E-state index in [9.17, 15) is 28.0 Å². The molecule has 39 heavy (non-hydrogen) atoms. The van der Waals surface area contributed by atoms with Gasteiger partial charge in [-0.05, 0) is 61.6 Å². The molecule has 0 spiro atoms. The van der Waals surface area contributed by atoms with Crippen molar-refractivity contribution in [1.29, 1.82) is 0 Å². The lowest BCUT2D eigenvalue weighted by atomic mass is 9.81. The van der Waals surface area contributed by atoms with Crippen LogP contribution in [0.5, 0.6) is 11.5 Å². The van der Waals surface area contributed by atoms with E-state index in [-0.39, 0.29) is 43.2 Å². The van der Waals surface area contributed by atoms with Gasteiger partial charge in [0.2, 0.25) is 11.8 Å². The molecule has 12 heteroatoms. The summed E-state index contributed by atoms with van der Waals surface area (Å²) < 4.78 is 40.7. The normalized spacial score (nSPS) is 20.7. The van der Waals surface area contributed by atoms with E-state index in [1.54, 1.807) is 32.9 Å². The minimum Gasteiger partial charge on any atom is -0.464 e. The molecule has 0 bridgehead atoms. The van der Waals surface area contributed by atoms with E-state index in [0.29, 0.717) is 16.8 Å². The van der Waals surface area contributed by atoms with E-state index in [2.05, 4.69) is 14.5 Å². The number of carbonyl (C=O) groups excluding carboxylic acids is 4. The van der Waals surface area contributed by atoms with E-state index >= 15 is 0 Å². The van der Waals surface area contributed by atoms with Gasteiger partial charge in [0.05, 0.1) is 25.0 Å². The van der Waals surface area contributed by atoms with Crippen LogP contribution in [0.2, 0.25) is 0 Å². The topological polar surface area (TPSA) is 138 Å². The fourth-order valence-corrected chi connectivity index (χ4v) is 4.62. The van der Waals surface area contributed by atoms with Gasteiger partial charge in [0.25, 0.3) is 0 Å². The number of amides is 2. The molecule has 2 aliphatic rings. The fourth-order valence-electron chi connectivity index (χ4n) is 4.62. The van der Waals surface area contributed by atoms with E-state index in [4.69, 9.17) is 10.5 Å². The summed E-state index contributed by atoms with van der Waals surface area (Å²) in [6.07, 6.45) is -2.25. The Kier molecular flexibility index (Phi) is 7.96. The van der Waals surface area contributed by atoms with Crippen molar-refractivity contribution in [2.24, 2.45) is 11.7 Å². The van der Waals surface area contributed by atoms with Gasteiger partial charge in [-0.3, -0.25) is 24.3 Å². The van der Waals surface area contributed by atoms with Gasteiger partial charge in [-0.1, -0.05) is 13.0 Å². The van der Waals surface area contributed by atoms with Crippen LogP contribution in [0.15, 0.2) is 36.5 Å². The number of alkyl halides is 2. The van der Waals surface area contributed by atoms with E-state index in [0.717, 1.165) is 4.90 Å². The summed E-state index contributed by atoms with van der Waals surface area (Å²) in [5.74, 6) is -3.60. The first kappa shape index (κ1) is 28.1. The molecule has 4 atom stereocenters. The number of rotatable bonds is 10. The summed E-state index contributed by atoms with van der Waals surface area (Å²) in [5, 5.41) is 0. The van der Waals surface area contributed by atoms with Crippen molar-refractivity contribution in [3.63, 3.8) is 0 Å². The number of β-lactam (4-membered cyclic amide) rings is 1. The fraction of sp³-hybridized carbons (Fsp3) is 0.444. The maximum absolute atomic E-state index is 13.4. The Morgan fingerprint density at radius 2 is 1.87 bits per heavy atom. The van der Waals surface area contributed by atoms with Gasteiger partial charge in [0, 0.05) is 18.3 Å². The van der Waals surface area contributed by atoms with Crippen molar-refractivity contribution < 1.29 is 42.2 Å². The highest BCUT2D eigenvalue weighted by molar-refractivity contribution is 6.08. The minimum absolute atomic E-state index is 0.0332. The number of fused-ring (bicyclic) bond motifs is 1. The summed E-state index contributed by atoms with van der Waals surface area (Å²) in [5.41, 5.74) is 7.30. The molecule has 1 fully saturated rings. The summed E-state index contributed by atoms with van der Waals surface area (Å²) >= 11 is 0. The van der Waals surface area contributed by atoms with Crippen LogP contribution < -0.4 is 15.2 Å².